The maximum absolute atomic E-state index is 9.38. The van der Waals surface area contributed by atoms with E-state index in [-0.39, 0.29) is 12.0 Å². The SMILES string of the molecule is COc1ccc(C2(CO)CC2C)cc1. The number of hydrogen-bond donors (Lipinski definition) is 1. The molecule has 1 aliphatic rings. The minimum absolute atomic E-state index is 0.0340. The van der Waals surface area contributed by atoms with E-state index in [1.165, 1.54) is 5.56 Å². The fraction of sp³-hybridized carbons (Fsp3) is 0.500. The van der Waals surface area contributed by atoms with Crippen molar-refractivity contribution < 1.29 is 9.84 Å². The monoisotopic (exact) mass is 192 g/mol. The molecule has 0 radical (unpaired) electrons. The molecule has 1 aliphatic carbocycles. The Morgan fingerprint density at radius 1 is 1.43 bits per heavy atom. The van der Waals surface area contributed by atoms with Gasteiger partial charge in [0.05, 0.1) is 13.7 Å². The van der Waals surface area contributed by atoms with Gasteiger partial charge in [-0.1, -0.05) is 19.1 Å². The zero-order valence-electron chi connectivity index (χ0n) is 8.66. The molecule has 0 saturated heterocycles. The van der Waals surface area contributed by atoms with E-state index in [0.717, 1.165) is 12.2 Å². The Balaban J connectivity index is 2.25. The number of aliphatic hydroxyl groups excluding tert-OH is 1. The molecule has 0 bridgehead atoms. The Kier molecular flexibility index (Phi) is 2.23. The lowest BCUT2D eigenvalue weighted by atomic mass is 9.94. The second-order valence-electron chi connectivity index (χ2n) is 4.15. The van der Waals surface area contributed by atoms with Gasteiger partial charge in [0.2, 0.25) is 0 Å². The average molecular weight is 192 g/mol. The molecule has 0 spiro atoms. The van der Waals surface area contributed by atoms with Crippen molar-refractivity contribution in [1.82, 2.24) is 0 Å². The van der Waals surface area contributed by atoms with E-state index < -0.39 is 0 Å². The van der Waals surface area contributed by atoms with Crippen LogP contribution in [-0.2, 0) is 5.41 Å². The summed E-state index contributed by atoms with van der Waals surface area (Å²) in [6.45, 7) is 2.43. The molecule has 0 heterocycles. The molecule has 1 N–H and O–H groups in total. The summed E-state index contributed by atoms with van der Waals surface area (Å²) < 4.78 is 5.10. The van der Waals surface area contributed by atoms with Crippen molar-refractivity contribution in [2.45, 2.75) is 18.8 Å². The second-order valence-corrected chi connectivity index (χ2v) is 4.15. The second kappa shape index (κ2) is 3.28. The molecule has 1 aromatic rings. The molecule has 0 amide bonds. The van der Waals surface area contributed by atoms with Gasteiger partial charge in [0.15, 0.2) is 0 Å². The smallest absolute Gasteiger partial charge is 0.118 e. The van der Waals surface area contributed by atoms with Gasteiger partial charge in [-0.05, 0) is 30.0 Å². The molecule has 2 nitrogen and oxygen atoms in total. The quantitative estimate of drug-likeness (QED) is 0.793. The lowest BCUT2D eigenvalue weighted by molar-refractivity contribution is 0.247. The van der Waals surface area contributed by atoms with Crippen LogP contribution in [0.2, 0.25) is 0 Å². The normalized spacial score (nSPS) is 30.1. The van der Waals surface area contributed by atoms with Crippen molar-refractivity contribution in [2.24, 2.45) is 5.92 Å². The maximum Gasteiger partial charge on any atom is 0.118 e. The van der Waals surface area contributed by atoms with E-state index in [2.05, 4.69) is 19.1 Å². The van der Waals surface area contributed by atoms with Crippen LogP contribution in [0.4, 0.5) is 0 Å². The Morgan fingerprint density at radius 2 is 2.00 bits per heavy atom. The van der Waals surface area contributed by atoms with E-state index in [1.54, 1.807) is 7.11 Å². The van der Waals surface area contributed by atoms with Crippen molar-refractivity contribution in [2.75, 3.05) is 13.7 Å². The molecule has 0 aliphatic heterocycles. The Morgan fingerprint density at radius 3 is 2.36 bits per heavy atom. The summed E-state index contributed by atoms with van der Waals surface area (Å²) in [5, 5.41) is 9.38. The first kappa shape index (κ1) is 9.53. The van der Waals surface area contributed by atoms with Crippen molar-refractivity contribution in [3.8, 4) is 5.75 Å². The number of benzene rings is 1. The zero-order chi connectivity index (χ0) is 10.2. The third kappa shape index (κ3) is 1.30. The summed E-state index contributed by atoms with van der Waals surface area (Å²) in [5.74, 6) is 1.47. The Bertz CT molecular complexity index is 314. The summed E-state index contributed by atoms with van der Waals surface area (Å²) >= 11 is 0. The summed E-state index contributed by atoms with van der Waals surface area (Å²) in [6.07, 6.45) is 1.09. The van der Waals surface area contributed by atoms with Crippen LogP contribution in [-0.4, -0.2) is 18.8 Å². The van der Waals surface area contributed by atoms with Crippen LogP contribution in [0.25, 0.3) is 0 Å². The zero-order valence-corrected chi connectivity index (χ0v) is 8.66. The summed E-state index contributed by atoms with van der Waals surface area (Å²) in [4.78, 5) is 0. The van der Waals surface area contributed by atoms with Crippen LogP contribution in [0.5, 0.6) is 5.75 Å². The number of ether oxygens (including phenoxy) is 1. The highest BCUT2D eigenvalue weighted by Gasteiger charge is 2.51. The van der Waals surface area contributed by atoms with Crippen LogP contribution in [0.1, 0.15) is 18.9 Å². The van der Waals surface area contributed by atoms with Gasteiger partial charge in [-0.15, -0.1) is 0 Å². The molecule has 2 unspecified atom stereocenters. The van der Waals surface area contributed by atoms with Gasteiger partial charge in [0.1, 0.15) is 5.75 Å². The first-order chi connectivity index (χ1) is 6.73. The van der Waals surface area contributed by atoms with E-state index in [1.807, 2.05) is 12.1 Å². The van der Waals surface area contributed by atoms with Gasteiger partial charge in [-0.2, -0.15) is 0 Å². The van der Waals surface area contributed by atoms with Gasteiger partial charge in [-0.25, -0.2) is 0 Å². The minimum atomic E-state index is 0.0340. The van der Waals surface area contributed by atoms with Crippen LogP contribution >= 0.6 is 0 Å². The third-order valence-electron chi connectivity index (χ3n) is 3.40. The molecule has 1 saturated carbocycles. The molecule has 76 valence electrons. The molecule has 2 rings (SSSR count). The molecule has 2 heteroatoms. The predicted octanol–water partition coefficient (Wildman–Crippen LogP) is 1.97. The summed E-state index contributed by atoms with van der Waals surface area (Å²) in [7, 11) is 1.66. The average Bonchev–Trinajstić information content (AvgIpc) is 2.91. The molecule has 1 aromatic carbocycles. The van der Waals surface area contributed by atoms with Gasteiger partial charge in [0, 0.05) is 5.41 Å². The van der Waals surface area contributed by atoms with Crippen molar-refractivity contribution in [1.29, 1.82) is 0 Å². The first-order valence-corrected chi connectivity index (χ1v) is 4.98. The largest absolute Gasteiger partial charge is 0.497 e. The fourth-order valence-electron chi connectivity index (χ4n) is 2.12. The maximum atomic E-state index is 9.38. The first-order valence-electron chi connectivity index (χ1n) is 4.98. The Labute approximate surface area is 84.5 Å². The lowest BCUT2D eigenvalue weighted by Gasteiger charge is -2.13. The summed E-state index contributed by atoms with van der Waals surface area (Å²) in [6, 6.07) is 8.02. The minimum Gasteiger partial charge on any atom is -0.497 e. The Hall–Kier alpha value is -1.02. The molecular formula is C12H16O2. The van der Waals surface area contributed by atoms with E-state index >= 15 is 0 Å². The van der Waals surface area contributed by atoms with Crippen LogP contribution in [0.3, 0.4) is 0 Å². The molecule has 0 aromatic heterocycles. The molecule has 2 atom stereocenters. The van der Waals surface area contributed by atoms with E-state index in [0.29, 0.717) is 5.92 Å². The van der Waals surface area contributed by atoms with Crippen molar-refractivity contribution in [3.05, 3.63) is 29.8 Å². The number of hydrogen-bond acceptors (Lipinski definition) is 2. The molecular weight excluding hydrogens is 176 g/mol. The fourth-order valence-corrected chi connectivity index (χ4v) is 2.12. The van der Waals surface area contributed by atoms with Crippen molar-refractivity contribution in [3.63, 3.8) is 0 Å². The van der Waals surface area contributed by atoms with Crippen LogP contribution < -0.4 is 4.74 Å². The third-order valence-corrected chi connectivity index (χ3v) is 3.40. The van der Waals surface area contributed by atoms with Crippen LogP contribution in [0.15, 0.2) is 24.3 Å². The highest BCUT2D eigenvalue weighted by molar-refractivity contribution is 5.37. The van der Waals surface area contributed by atoms with Gasteiger partial charge < -0.3 is 9.84 Å². The van der Waals surface area contributed by atoms with Crippen LogP contribution in [0, 0.1) is 5.92 Å². The number of rotatable bonds is 3. The van der Waals surface area contributed by atoms with E-state index in [4.69, 9.17) is 4.74 Å². The number of methoxy groups -OCH3 is 1. The highest BCUT2D eigenvalue weighted by Crippen LogP contribution is 2.53. The van der Waals surface area contributed by atoms with Gasteiger partial charge in [-0.3, -0.25) is 0 Å². The lowest BCUT2D eigenvalue weighted by Crippen LogP contribution is -2.14. The number of aliphatic hydroxyl groups is 1. The summed E-state index contributed by atoms with van der Waals surface area (Å²) in [5.41, 5.74) is 1.26. The van der Waals surface area contributed by atoms with Crippen molar-refractivity contribution >= 4 is 0 Å². The van der Waals surface area contributed by atoms with E-state index in [9.17, 15) is 5.11 Å². The molecule has 14 heavy (non-hydrogen) atoms. The standard InChI is InChI=1S/C12H16O2/c1-9-7-12(9,8-13)10-3-5-11(14-2)6-4-10/h3-6,9,13H,7-8H2,1-2H3. The topological polar surface area (TPSA) is 29.5 Å². The van der Waals surface area contributed by atoms with Gasteiger partial charge >= 0.3 is 0 Å². The van der Waals surface area contributed by atoms with Gasteiger partial charge in [0.25, 0.3) is 0 Å². The highest BCUT2D eigenvalue weighted by atomic mass is 16.5. The predicted molar refractivity (Wildman–Crippen MR) is 55.5 cm³/mol. The molecule has 1 fully saturated rings.